The highest BCUT2D eigenvalue weighted by Gasteiger charge is 2.31. The van der Waals surface area contributed by atoms with Gasteiger partial charge in [0.15, 0.2) is 0 Å². The van der Waals surface area contributed by atoms with Gasteiger partial charge in [-0.3, -0.25) is 4.90 Å². The summed E-state index contributed by atoms with van der Waals surface area (Å²) in [6, 6.07) is 6.09. The number of benzene rings is 1. The molecule has 0 radical (unpaired) electrons. The van der Waals surface area contributed by atoms with Gasteiger partial charge in [0.1, 0.15) is 5.75 Å². The van der Waals surface area contributed by atoms with Crippen molar-refractivity contribution in [1.82, 2.24) is 4.90 Å². The molecule has 0 amide bonds. The van der Waals surface area contributed by atoms with E-state index in [0.29, 0.717) is 12.5 Å². The van der Waals surface area contributed by atoms with Crippen LogP contribution in [0, 0.1) is 5.92 Å². The molecule has 0 aromatic heterocycles. The maximum atomic E-state index is 12.2. The van der Waals surface area contributed by atoms with Gasteiger partial charge in [-0.1, -0.05) is 12.1 Å². The number of halogens is 3. The van der Waals surface area contributed by atoms with Crippen molar-refractivity contribution in [3.63, 3.8) is 0 Å². The van der Waals surface area contributed by atoms with Crippen LogP contribution in [0.2, 0.25) is 0 Å². The van der Waals surface area contributed by atoms with E-state index in [0.717, 1.165) is 31.5 Å². The van der Waals surface area contributed by atoms with E-state index in [2.05, 4.69) is 9.64 Å². The second-order valence-corrected chi connectivity index (χ2v) is 5.55. The Morgan fingerprint density at radius 3 is 2.57 bits per heavy atom. The molecule has 1 aromatic carbocycles. The summed E-state index contributed by atoms with van der Waals surface area (Å²) in [6.07, 6.45) is -3.13. The number of likely N-dealkylation sites (tertiary alicyclic amines) is 1. The summed E-state index contributed by atoms with van der Waals surface area (Å²) in [5.74, 6) is 0.139. The molecule has 6 heteroatoms. The predicted molar refractivity (Wildman–Crippen MR) is 72.8 cm³/mol. The normalized spacial score (nSPS) is 19.5. The summed E-state index contributed by atoms with van der Waals surface area (Å²) < 4.78 is 40.5. The van der Waals surface area contributed by atoms with Crippen molar-refractivity contribution in [2.45, 2.75) is 38.8 Å². The maximum Gasteiger partial charge on any atom is 0.573 e. The lowest BCUT2D eigenvalue weighted by Gasteiger charge is -2.33. The van der Waals surface area contributed by atoms with Crippen LogP contribution in [-0.4, -0.2) is 35.6 Å². The summed E-state index contributed by atoms with van der Waals surface area (Å²) >= 11 is 0. The number of hydrogen-bond acceptors (Lipinski definition) is 3. The highest BCUT2D eigenvalue weighted by Crippen LogP contribution is 2.25. The average Bonchev–Trinajstić information content (AvgIpc) is 2.37. The van der Waals surface area contributed by atoms with Gasteiger partial charge in [0.05, 0.1) is 6.10 Å². The van der Waals surface area contributed by atoms with Gasteiger partial charge in [-0.15, -0.1) is 13.2 Å². The predicted octanol–water partition coefficient (Wildman–Crippen LogP) is 3.18. The number of aliphatic hydroxyl groups is 1. The molecule has 1 aliphatic rings. The standard InChI is InChI=1S/C15H20F3NO2/c1-11(20)13-5-7-19(8-6-13)10-12-3-2-4-14(9-12)21-15(16,17)18/h2-4,9,11,13,20H,5-8,10H2,1H3. The van der Waals surface area contributed by atoms with E-state index in [4.69, 9.17) is 0 Å². The van der Waals surface area contributed by atoms with Crippen LogP contribution in [0.5, 0.6) is 5.75 Å². The number of ether oxygens (including phenoxy) is 1. The zero-order chi connectivity index (χ0) is 15.5. The molecular weight excluding hydrogens is 283 g/mol. The molecule has 1 atom stereocenters. The van der Waals surface area contributed by atoms with E-state index in [1.54, 1.807) is 19.1 Å². The number of hydrogen-bond donors (Lipinski definition) is 1. The van der Waals surface area contributed by atoms with Crippen LogP contribution in [0.1, 0.15) is 25.3 Å². The van der Waals surface area contributed by atoms with Crippen LogP contribution in [-0.2, 0) is 6.54 Å². The van der Waals surface area contributed by atoms with Crippen LogP contribution in [0.4, 0.5) is 13.2 Å². The Bertz CT molecular complexity index is 454. The number of rotatable bonds is 4. The Labute approximate surface area is 122 Å². The molecule has 2 rings (SSSR count). The van der Waals surface area contributed by atoms with Gasteiger partial charge in [-0.2, -0.15) is 0 Å². The Kier molecular flexibility index (Phi) is 5.11. The first kappa shape index (κ1) is 16.1. The van der Waals surface area contributed by atoms with Crippen LogP contribution < -0.4 is 4.74 Å². The number of alkyl halides is 3. The summed E-state index contributed by atoms with van der Waals surface area (Å²) in [5.41, 5.74) is 0.798. The molecule has 0 aliphatic carbocycles. The Morgan fingerprint density at radius 2 is 2.00 bits per heavy atom. The second kappa shape index (κ2) is 6.66. The molecule has 3 nitrogen and oxygen atoms in total. The molecule has 1 saturated heterocycles. The van der Waals surface area contributed by atoms with Crippen molar-refractivity contribution < 1.29 is 23.0 Å². The van der Waals surface area contributed by atoms with Gasteiger partial charge in [-0.25, -0.2) is 0 Å². The van der Waals surface area contributed by atoms with Gasteiger partial charge in [0, 0.05) is 6.54 Å². The SMILES string of the molecule is CC(O)C1CCN(Cc2cccc(OC(F)(F)F)c2)CC1. The first-order valence-corrected chi connectivity index (χ1v) is 7.08. The Balaban J connectivity index is 1.90. The molecule has 1 fully saturated rings. The first-order valence-electron chi connectivity index (χ1n) is 7.08. The molecule has 1 aromatic rings. The van der Waals surface area contributed by atoms with Gasteiger partial charge < -0.3 is 9.84 Å². The molecule has 0 saturated carbocycles. The summed E-state index contributed by atoms with van der Waals surface area (Å²) in [6.45, 7) is 4.10. The van der Waals surface area contributed by atoms with Crippen LogP contribution in [0.15, 0.2) is 24.3 Å². The molecule has 1 aliphatic heterocycles. The molecule has 118 valence electrons. The quantitative estimate of drug-likeness (QED) is 0.927. The number of piperidine rings is 1. The van der Waals surface area contributed by atoms with E-state index in [1.165, 1.54) is 12.1 Å². The first-order chi connectivity index (χ1) is 9.83. The minimum Gasteiger partial charge on any atom is -0.406 e. The zero-order valence-electron chi connectivity index (χ0n) is 11.9. The van der Waals surface area contributed by atoms with Crippen LogP contribution >= 0.6 is 0 Å². The van der Waals surface area contributed by atoms with Crippen LogP contribution in [0.25, 0.3) is 0 Å². The van der Waals surface area contributed by atoms with Gasteiger partial charge >= 0.3 is 6.36 Å². The molecule has 1 N–H and O–H groups in total. The lowest BCUT2D eigenvalue weighted by atomic mass is 9.92. The van der Waals surface area contributed by atoms with Crippen molar-refractivity contribution in [2.75, 3.05) is 13.1 Å². The molecule has 0 bridgehead atoms. The van der Waals surface area contributed by atoms with Crippen molar-refractivity contribution in [1.29, 1.82) is 0 Å². The van der Waals surface area contributed by atoms with Crippen molar-refractivity contribution in [2.24, 2.45) is 5.92 Å². The molecule has 21 heavy (non-hydrogen) atoms. The summed E-state index contributed by atoms with van der Waals surface area (Å²) in [4.78, 5) is 2.19. The smallest absolute Gasteiger partial charge is 0.406 e. The monoisotopic (exact) mass is 303 g/mol. The topological polar surface area (TPSA) is 32.7 Å². The third-order valence-corrected chi connectivity index (χ3v) is 3.85. The maximum absolute atomic E-state index is 12.2. The lowest BCUT2D eigenvalue weighted by Crippen LogP contribution is -2.36. The fraction of sp³-hybridized carbons (Fsp3) is 0.600. The highest BCUT2D eigenvalue weighted by atomic mass is 19.4. The average molecular weight is 303 g/mol. The lowest BCUT2D eigenvalue weighted by molar-refractivity contribution is -0.274. The zero-order valence-corrected chi connectivity index (χ0v) is 11.9. The number of nitrogens with zero attached hydrogens (tertiary/aromatic N) is 1. The largest absolute Gasteiger partial charge is 0.573 e. The van der Waals surface area contributed by atoms with E-state index in [1.807, 2.05) is 0 Å². The third-order valence-electron chi connectivity index (χ3n) is 3.85. The fourth-order valence-electron chi connectivity index (χ4n) is 2.69. The van der Waals surface area contributed by atoms with Gasteiger partial charge in [0.25, 0.3) is 0 Å². The summed E-state index contributed by atoms with van der Waals surface area (Å²) in [5, 5.41) is 9.56. The van der Waals surface area contributed by atoms with Crippen LogP contribution in [0.3, 0.4) is 0 Å². The van der Waals surface area contributed by atoms with E-state index in [9.17, 15) is 18.3 Å². The van der Waals surface area contributed by atoms with Gasteiger partial charge in [-0.05, 0) is 56.5 Å². The van der Waals surface area contributed by atoms with Crippen molar-refractivity contribution in [3.05, 3.63) is 29.8 Å². The van der Waals surface area contributed by atoms with Crippen molar-refractivity contribution >= 4 is 0 Å². The van der Waals surface area contributed by atoms with Crippen molar-refractivity contribution in [3.8, 4) is 5.75 Å². The molecule has 1 unspecified atom stereocenters. The van der Waals surface area contributed by atoms with E-state index < -0.39 is 6.36 Å². The molecule has 1 heterocycles. The van der Waals surface area contributed by atoms with E-state index >= 15 is 0 Å². The number of aliphatic hydroxyl groups excluding tert-OH is 1. The minimum absolute atomic E-state index is 0.182. The van der Waals surface area contributed by atoms with Gasteiger partial charge in [0.2, 0.25) is 0 Å². The highest BCUT2D eigenvalue weighted by molar-refractivity contribution is 5.28. The fourth-order valence-corrected chi connectivity index (χ4v) is 2.69. The minimum atomic E-state index is -4.66. The third kappa shape index (κ3) is 5.21. The summed E-state index contributed by atoms with van der Waals surface area (Å²) in [7, 11) is 0. The molecule has 0 spiro atoms. The molecular formula is C15H20F3NO2. The second-order valence-electron chi connectivity index (χ2n) is 5.55. The van der Waals surface area contributed by atoms with E-state index in [-0.39, 0.29) is 11.9 Å². The Hall–Kier alpha value is -1.27. The Morgan fingerprint density at radius 1 is 1.33 bits per heavy atom.